The van der Waals surface area contributed by atoms with Gasteiger partial charge in [0.25, 0.3) is 13.5 Å². The van der Waals surface area contributed by atoms with E-state index < -0.39 is 0 Å². The third-order valence-corrected chi connectivity index (χ3v) is 2.98. The summed E-state index contributed by atoms with van der Waals surface area (Å²) >= 11 is 0. The lowest BCUT2D eigenvalue weighted by Gasteiger charge is -2.20. The Hall–Kier alpha value is -1.65. The molecule has 0 aliphatic carbocycles. The van der Waals surface area contributed by atoms with Crippen LogP contribution in [-0.4, -0.2) is 22.9 Å². The second-order valence-electron chi connectivity index (χ2n) is 5.46. The minimum Gasteiger partial charge on any atom is -0.269 e. The highest BCUT2D eigenvalue weighted by Crippen LogP contribution is 2.26. The minimum atomic E-state index is -0.0899. The molecule has 5 heteroatoms. The van der Waals surface area contributed by atoms with Gasteiger partial charge in [-0.1, -0.05) is 32.1 Å². The fourth-order valence-corrected chi connectivity index (χ4v) is 1.88. The average molecular weight is 229 g/mol. The van der Waals surface area contributed by atoms with Crippen LogP contribution in [0.5, 0.6) is 0 Å². The van der Waals surface area contributed by atoms with E-state index >= 15 is 0 Å². The van der Waals surface area contributed by atoms with Crippen molar-refractivity contribution in [3.63, 3.8) is 0 Å². The molecule has 0 saturated heterocycles. The van der Waals surface area contributed by atoms with E-state index in [1.165, 1.54) is 10.2 Å². The van der Waals surface area contributed by atoms with Gasteiger partial charge in [0.15, 0.2) is 0 Å². The zero-order chi connectivity index (χ0) is 12.8. The molecular weight excluding hydrogens is 213 g/mol. The molecule has 17 heavy (non-hydrogen) atoms. The summed E-state index contributed by atoms with van der Waals surface area (Å²) in [6.07, 6.45) is 0. The molecule has 0 fully saturated rings. The topological polar surface area (TPSA) is 47.8 Å². The number of hydrogen-bond acceptors (Lipinski definition) is 3. The van der Waals surface area contributed by atoms with E-state index in [4.69, 9.17) is 0 Å². The van der Waals surface area contributed by atoms with Crippen LogP contribution in [0.1, 0.15) is 31.9 Å². The van der Waals surface area contributed by atoms with Crippen LogP contribution in [0.25, 0.3) is 10.9 Å². The fourth-order valence-electron chi connectivity index (χ4n) is 1.88. The molecule has 0 radical (unpaired) electrons. The minimum absolute atomic E-state index is 0.0434. The van der Waals surface area contributed by atoms with Crippen LogP contribution >= 0.6 is 0 Å². The predicted molar refractivity (Wildman–Crippen MR) is 71.2 cm³/mol. The van der Waals surface area contributed by atoms with Crippen LogP contribution in [-0.2, 0) is 5.41 Å². The quantitative estimate of drug-likeness (QED) is 0.627. The second kappa shape index (κ2) is 3.69. The summed E-state index contributed by atoms with van der Waals surface area (Å²) in [5.41, 5.74) is 2.76. The van der Waals surface area contributed by atoms with Gasteiger partial charge < -0.3 is 0 Å². The number of rotatable bonds is 0. The second-order valence-corrected chi connectivity index (χ2v) is 5.46. The van der Waals surface area contributed by atoms with Crippen LogP contribution in [0.4, 0.5) is 0 Å². The van der Waals surface area contributed by atoms with Crippen molar-refractivity contribution in [2.75, 3.05) is 0 Å². The molecule has 0 N–H and O–H groups in total. The van der Waals surface area contributed by atoms with Gasteiger partial charge in [-0.3, -0.25) is 9.39 Å². The van der Waals surface area contributed by atoms with Crippen molar-refractivity contribution in [2.45, 2.75) is 33.1 Å². The molecule has 88 valence electrons. The van der Waals surface area contributed by atoms with E-state index in [2.05, 4.69) is 37.1 Å². The molecule has 0 amide bonds. The monoisotopic (exact) mass is 229 g/mol. The van der Waals surface area contributed by atoms with E-state index in [1.54, 1.807) is 7.98 Å². The van der Waals surface area contributed by atoms with Crippen molar-refractivity contribution in [2.24, 2.45) is 0 Å². The van der Waals surface area contributed by atoms with Crippen molar-refractivity contribution in [1.82, 2.24) is 14.9 Å². The number of nitrogens with zero attached hydrogens (tertiary/aromatic N) is 3. The Morgan fingerprint density at radius 1 is 1.29 bits per heavy atom. The van der Waals surface area contributed by atoms with Crippen molar-refractivity contribution in [3.05, 3.63) is 33.6 Å². The summed E-state index contributed by atoms with van der Waals surface area (Å²) in [5.74, 6) is 0. The Morgan fingerprint density at radius 2 is 1.94 bits per heavy atom. The SMILES string of the molecule is Bn1nnc2cc(C(C)(C)C)cc(C)c2c1=O. The van der Waals surface area contributed by atoms with Crippen LogP contribution in [0, 0.1) is 6.92 Å². The molecule has 2 rings (SSSR count). The van der Waals surface area contributed by atoms with E-state index in [-0.39, 0.29) is 11.0 Å². The van der Waals surface area contributed by atoms with Gasteiger partial charge in [0, 0.05) is 0 Å². The molecule has 2 aromatic rings. The molecule has 0 atom stereocenters. The lowest BCUT2D eigenvalue weighted by Crippen LogP contribution is -2.24. The van der Waals surface area contributed by atoms with Crippen molar-refractivity contribution in [1.29, 1.82) is 0 Å². The van der Waals surface area contributed by atoms with Gasteiger partial charge in [-0.05, 0) is 29.5 Å². The summed E-state index contributed by atoms with van der Waals surface area (Å²) in [6, 6.07) is 4.02. The largest absolute Gasteiger partial charge is 0.269 e. The third kappa shape index (κ3) is 1.97. The van der Waals surface area contributed by atoms with E-state index in [0.29, 0.717) is 10.9 Å². The maximum atomic E-state index is 12.0. The Kier molecular flexibility index (Phi) is 2.56. The Bertz CT molecular complexity index is 640. The van der Waals surface area contributed by atoms with Gasteiger partial charge in [0.2, 0.25) is 0 Å². The molecular formula is C12H16BN3O. The zero-order valence-corrected chi connectivity index (χ0v) is 10.9. The van der Waals surface area contributed by atoms with Crippen LogP contribution in [0.3, 0.4) is 0 Å². The average Bonchev–Trinajstić information content (AvgIpc) is 2.21. The first-order valence-corrected chi connectivity index (χ1v) is 5.65. The first-order chi connectivity index (χ1) is 7.80. The normalized spacial score (nSPS) is 12.0. The van der Waals surface area contributed by atoms with Gasteiger partial charge in [0.05, 0.1) is 5.39 Å². The molecule has 0 aliphatic heterocycles. The summed E-state index contributed by atoms with van der Waals surface area (Å²) in [5, 5.41) is 8.58. The standard InChI is InChI=1S/C12H16BN3O/c1-7-5-8(12(2,3)4)6-9-10(7)11(17)16(13)15-14-9/h5-6H,13H2,1-4H3. The molecule has 0 saturated carbocycles. The lowest BCUT2D eigenvalue weighted by molar-refractivity contribution is 0.590. The highest BCUT2D eigenvalue weighted by atomic mass is 16.1. The van der Waals surface area contributed by atoms with Gasteiger partial charge in [-0.15, -0.1) is 5.10 Å². The van der Waals surface area contributed by atoms with Crippen LogP contribution in [0.2, 0.25) is 0 Å². The Balaban J connectivity index is 2.87. The number of aromatic nitrogens is 3. The number of hydrogen-bond donors (Lipinski definition) is 0. The Labute approximate surface area is 101 Å². The predicted octanol–water partition coefficient (Wildman–Crippen LogP) is 0.794. The third-order valence-electron chi connectivity index (χ3n) is 2.98. The number of aryl methyl sites for hydroxylation is 1. The van der Waals surface area contributed by atoms with Gasteiger partial charge in [0.1, 0.15) is 5.52 Å². The molecule has 4 nitrogen and oxygen atoms in total. The first kappa shape index (κ1) is 11.8. The maximum Gasteiger partial charge on any atom is 0.264 e. The smallest absolute Gasteiger partial charge is 0.264 e. The van der Waals surface area contributed by atoms with Crippen LogP contribution in [0.15, 0.2) is 16.9 Å². The maximum absolute atomic E-state index is 12.0. The van der Waals surface area contributed by atoms with Crippen molar-refractivity contribution in [3.8, 4) is 0 Å². The van der Waals surface area contributed by atoms with E-state index in [1.807, 2.05) is 13.0 Å². The summed E-state index contributed by atoms with van der Waals surface area (Å²) in [6.45, 7) is 8.37. The fraction of sp³-hybridized carbons (Fsp3) is 0.417. The van der Waals surface area contributed by atoms with Gasteiger partial charge in [-0.25, -0.2) is 0 Å². The molecule has 0 unspecified atom stereocenters. The molecule has 0 aliphatic rings. The molecule has 1 aromatic heterocycles. The van der Waals surface area contributed by atoms with E-state index in [0.717, 1.165) is 5.56 Å². The molecule has 1 aromatic carbocycles. The number of benzene rings is 1. The highest BCUT2D eigenvalue weighted by Gasteiger charge is 2.17. The van der Waals surface area contributed by atoms with Crippen molar-refractivity contribution >= 4 is 18.9 Å². The van der Waals surface area contributed by atoms with Gasteiger partial charge in [-0.2, -0.15) is 0 Å². The lowest BCUT2D eigenvalue weighted by atomic mass is 9.85. The molecule has 0 spiro atoms. The molecule has 0 bridgehead atoms. The molecule has 1 heterocycles. The first-order valence-electron chi connectivity index (χ1n) is 5.65. The van der Waals surface area contributed by atoms with E-state index in [9.17, 15) is 4.79 Å². The van der Waals surface area contributed by atoms with Crippen LogP contribution < -0.4 is 5.56 Å². The zero-order valence-electron chi connectivity index (χ0n) is 10.9. The summed E-state index contributed by atoms with van der Waals surface area (Å²) in [4.78, 5) is 12.0. The Morgan fingerprint density at radius 3 is 2.53 bits per heavy atom. The van der Waals surface area contributed by atoms with Gasteiger partial charge >= 0.3 is 0 Å². The van der Waals surface area contributed by atoms with Crippen molar-refractivity contribution < 1.29 is 0 Å². The number of fused-ring (bicyclic) bond motifs is 1. The summed E-state index contributed by atoms with van der Waals surface area (Å²) in [7, 11) is 1.62. The summed E-state index contributed by atoms with van der Waals surface area (Å²) < 4.78 is 1.27. The highest BCUT2D eigenvalue weighted by molar-refractivity contribution is 6.06.